The number of fused-ring (bicyclic) bond motifs is 4. The maximum atomic E-state index is 13.6. The van der Waals surface area contributed by atoms with Gasteiger partial charge in [-0.05, 0) is 75.3 Å². The maximum Gasteiger partial charge on any atom is 0.270 e. The molecule has 0 unspecified atom stereocenters. The number of amides is 2. The van der Waals surface area contributed by atoms with E-state index in [1.165, 1.54) is 0 Å². The molecular weight excluding hydrogens is 526 g/mol. The van der Waals surface area contributed by atoms with Crippen molar-refractivity contribution >= 4 is 34.3 Å². The zero-order chi connectivity index (χ0) is 27.7. The second kappa shape index (κ2) is 11.5. The molecule has 40 heavy (non-hydrogen) atoms. The van der Waals surface area contributed by atoms with E-state index in [1.54, 1.807) is 0 Å². The summed E-state index contributed by atoms with van der Waals surface area (Å²) in [5, 5.41) is 1.61. The van der Waals surface area contributed by atoms with Gasteiger partial charge in [0.05, 0.1) is 29.8 Å². The summed E-state index contributed by atoms with van der Waals surface area (Å²) in [4.78, 5) is 34.1. The van der Waals surface area contributed by atoms with Crippen LogP contribution in [-0.4, -0.2) is 72.1 Å². The number of carbonyl (C=O) groups excluding carboxylic acids is 2. The first-order valence-corrected chi connectivity index (χ1v) is 15.0. The van der Waals surface area contributed by atoms with E-state index >= 15 is 0 Å². The molecule has 3 aromatic rings. The fourth-order valence-corrected chi connectivity index (χ4v) is 6.88. The van der Waals surface area contributed by atoms with E-state index in [1.807, 2.05) is 59.2 Å². The van der Waals surface area contributed by atoms with Crippen molar-refractivity contribution in [3.05, 3.63) is 64.3 Å². The Morgan fingerprint density at radius 2 is 1.88 bits per heavy atom. The Morgan fingerprint density at radius 3 is 2.70 bits per heavy atom. The third-order valence-corrected chi connectivity index (χ3v) is 9.50. The van der Waals surface area contributed by atoms with Crippen LogP contribution in [0.1, 0.15) is 71.4 Å². The quantitative estimate of drug-likeness (QED) is 0.380. The minimum absolute atomic E-state index is 0.0258. The Morgan fingerprint density at radius 1 is 1.05 bits per heavy atom. The minimum Gasteiger partial charge on any atom is -0.493 e. The normalized spacial score (nSPS) is 22.1. The van der Waals surface area contributed by atoms with Crippen LogP contribution in [0.25, 0.3) is 10.9 Å². The molecule has 7 nitrogen and oxygen atoms in total. The number of piperidine rings is 1. The highest BCUT2D eigenvalue weighted by atomic mass is 35.5. The van der Waals surface area contributed by atoms with Gasteiger partial charge < -0.3 is 24.3 Å². The Balaban J connectivity index is 1.17. The third-order valence-electron chi connectivity index (χ3n) is 9.19. The lowest BCUT2D eigenvalue weighted by Gasteiger charge is -2.41. The fraction of sp³-hybridized carbons (Fsp3) is 0.500. The third kappa shape index (κ3) is 5.34. The van der Waals surface area contributed by atoms with E-state index < -0.39 is 0 Å². The molecule has 0 saturated carbocycles. The smallest absolute Gasteiger partial charge is 0.270 e. The number of ether oxygens (including phenoxy) is 2. The molecule has 2 aromatic carbocycles. The first-order valence-electron chi connectivity index (χ1n) is 14.6. The van der Waals surface area contributed by atoms with Gasteiger partial charge in [0.25, 0.3) is 11.8 Å². The van der Waals surface area contributed by atoms with Crippen LogP contribution in [0.5, 0.6) is 5.75 Å². The lowest BCUT2D eigenvalue weighted by Crippen LogP contribution is -2.45. The first kappa shape index (κ1) is 27.2. The molecular formula is C32H38ClN3O4. The molecule has 2 bridgehead atoms. The van der Waals surface area contributed by atoms with E-state index in [0.717, 1.165) is 73.7 Å². The summed E-state index contributed by atoms with van der Waals surface area (Å²) in [5.41, 5.74) is 3.02. The number of para-hydroxylation sites is 1. The second-order valence-corrected chi connectivity index (χ2v) is 12.1. The minimum atomic E-state index is -0.0320. The highest BCUT2D eigenvalue weighted by Gasteiger charge is 2.37. The van der Waals surface area contributed by atoms with Crippen LogP contribution in [0, 0.1) is 12.3 Å². The Hall–Kier alpha value is -3.03. The molecule has 8 heteroatoms. The summed E-state index contributed by atoms with van der Waals surface area (Å²) in [6, 6.07) is 13.5. The van der Waals surface area contributed by atoms with E-state index in [0.29, 0.717) is 49.2 Å². The predicted molar refractivity (Wildman–Crippen MR) is 156 cm³/mol. The number of H-pyrrole nitrogens is 1. The van der Waals surface area contributed by atoms with E-state index in [2.05, 4.69) is 4.98 Å². The van der Waals surface area contributed by atoms with Crippen LogP contribution >= 0.6 is 11.6 Å². The second-order valence-electron chi connectivity index (χ2n) is 11.7. The molecule has 3 aliphatic heterocycles. The molecule has 0 aliphatic carbocycles. The van der Waals surface area contributed by atoms with Crippen LogP contribution in [0.4, 0.5) is 0 Å². The zero-order valence-electron chi connectivity index (χ0n) is 23.2. The number of hydrogen-bond donors (Lipinski definition) is 1. The number of rotatable bonds is 1. The average Bonchev–Trinajstić information content (AvgIpc) is 3.58. The van der Waals surface area contributed by atoms with Crippen molar-refractivity contribution in [2.75, 3.05) is 39.5 Å². The Kier molecular flexibility index (Phi) is 7.78. The summed E-state index contributed by atoms with van der Waals surface area (Å²) in [6.45, 7) is 5.99. The van der Waals surface area contributed by atoms with Gasteiger partial charge in [-0.15, -0.1) is 0 Å². The molecule has 212 valence electrons. The van der Waals surface area contributed by atoms with Crippen LogP contribution in [0.15, 0.2) is 42.5 Å². The van der Waals surface area contributed by atoms with Crippen molar-refractivity contribution < 1.29 is 19.1 Å². The van der Waals surface area contributed by atoms with Crippen molar-refractivity contribution in [1.82, 2.24) is 14.8 Å². The molecule has 3 aliphatic rings. The van der Waals surface area contributed by atoms with E-state index in [9.17, 15) is 9.59 Å². The zero-order valence-corrected chi connectivity index (χ0v) is 24.0. The summed E-state index contributed by atoms with van der Waals surface area (Å²) in [7, 11) is 0. The number of halogens is 1. The highest BCUT2D eigenvalue weighted by molar-refractivity contribution is 6.35. The van der Waals surface area contributed by atoms with Crippen LogP contribution < -0.4 is 4.74 Å². The fourth-order valence-electron chi connectivity index (χ4n) is 6.66. The number of nitrogens with zero attached hydrogens (tertiary/aromatic N) is 2. The van der Waals surface area contributed by atoms with Crippen molar-refractivity contribution in [2.45, 2.75) is 57.9 Å². The number of likely N-dealkylation sites (tertiary alicyclic amines) is 1. The SMILES string of the molecule is Cc1c(C(=O)N2CCC3(CCCCOC[C@@H]4CCCN4C(=O)c4cccc(c4)OC3)CC2)[nH]c2c(Cl)cccc12. The summed E-state index contributed by atoms with van der Waals surface area (Å²) in [5.74, 6) is 0.815. The van der Waals surface area contributed by atoms with Gasteiger partial charge in [0.15, 0.2) is 0 Å². The summed E-state index contributed by atoms with van der Waals surface area (Å²) in [6.07, 6.45) is 6.80. The van der Waals surface area contributed by atoms with Crippen molar-refractivity contribution in [1.29, 1.82) is 0 Å². The molecule has 0 radical (unpaired) electrons. The van der Waals surface area contributed by atoms with Gasteiger partial charge >= 0.3 is 0 Å². The van der Waals surface area contributed by atoms with Gasteiger partial charge in [0.1, 0.15) is 11.4 Å². The number of nitrogens with one attached hydrogen (secondary N) is 1. The lowest BCUT2D eigenvalue weighted by molar-refractivity contribution is 0.0329. The Labute approximate surface area is 240 Å². The molecule has 2 fully saturated rings. The van der Waals surface area contributed by atoms with Crippen LogP contribution in [-0.2, 0) is 4.74 Å². The highest BCUT2D eigenvalue weighted by Crippen LogP contribution is 2.39. The van der Waals surface area contributed by atoms with Gasteiger partial charge in [0, 0.05) is 42.6 Å². The van der Waals surface area contributed by atoms with Crippen molar-refractivity contribution in [3.63, 3.8) is 0 Å². The van der Waals surface area contributed by atoms with Gasteiger partial charge in [-0.25, -0.2) is 0 Å². The van der Waals surface area contributed by atoms with Gasteiger partial charge in [0.2, 0.25) is 0 Å². The van der Waals surface area contributed by atoms with Gasteiger partial charge in [-0.3, -0.25) is 9.59 Å². The number of benzene rings is 2. The van der Waals surface area contributed by atoms with Crippen LogP contribution in [0.2, 0.25) is 5.02 Å². The van der Waals surface area contributed by atoms with E-state index in [4.69, 9.17) is 21.1 Å². The molecule has 1 aromatic heterocycles. The number of carbonyl (C=O) groups is 2. The topological polar surface area (TPSA) is 74.9 Å². The van der Waals surface area contributed by atoms with Crippen molar-refractivity contribution in [3.8, 4) is 5.75 Å². The molecule has 6 rings (SSSR count). The van der Waals surface area contributed by atoms with Gasteiger partial charge in [-0.1, -0.05) is 36.2 Å². The predicted octanol–water partition coefficient (Wildman–Crippen LogP) is 6.24. The monoisotopic (exact) mass is 563 g/mol. The molecule has 2 saturated heterocycles. The largest absolute Gasteiger partial charge is 0.493 e. The standard InChI is InChI=1S/C32H38ClN3O4/c1-22-26-10-5-11-27(33)29(26)34-28(22)31(38)35-16-13-32(14-17-35)12-2-3-18-39-20-24-8-6-15-36(24)30(37)23-7-4-9-25(19-23)40-21-32/h4-5,7,9-11,19,24,34H,2-3,6,8,12-18,20-21H2,1H3/t24-/m0/s1. The average molecular weight is 564 g/mol. The molecule has 1 atom stereocenters. The molecule has 2 amide bonds. The first-order chi connectivity index (χ1) is 19.4. The molecule has 4 heterocycles. The number of hydrogen-bond acceptors (Lipinski definition) is 4. The summed E-state index contributed by atoms with van der Waals surface area (Å²) < 4.78 is 12.5. The molecule has 1 N–H and O–H groups in total. The van der Waals surface area contributed by atoms with Crippen LogP contribution in [0.3, 0.4) is 0 Å². The number of aromatic amines is 1. The maximum absolute atomic E-state index is 13.6. The lowest BCUT2D eigenvalue weighted by atomic mass is 9.75. The molecule has 1 spiro atoms. The van der Waals surface area contributed by atoms with Crippen molar-refractivity contribution in [2.24, 2.45) is 5.41 Å². The number of aryl methyl sites for hydroxylation is 1. The number of aromatic nitrogens is 1. The Bertz CT molecular complexity index is 1390. The summed E-state index contributed by atoms with van der Waals surface area (Å²) >= 11 is 6.39. The van der Waals surface area contributed by atoms with Gasteiger partial charge in [-0.2, -0.15) is 0 Å². The van der Waals surface area contributed by atoms with E-state index in [-0.39, 0.29) is 23.3 Å².